The molecule has 1 unspecified atom stereocenters. The Kier molecular flexibility index (Phi) is 5.65. The summed E-state index contributed by atoms with van der Waals surface area (Å²) in [6.07, 6.45) is 0.338. The lowest BCUT2D eigenvalue weighted by Crippen LogP contribution is -2.49. The minimum atomic E-state index is -1.22. The van der Waals surface area contributed by atoms with E-state index in [1.54, 1.807) is 31.2 Å². The summed E-state index contributed by atoms with van der Waals surface area (Å²) in [4.78, 5) is 38.8. The maximum Gasteiger partial charge on any atom is 0.344 e. The zero-order valence-corrected chi connectivity index (χ0v) is 18.1. The number of nitrogens with two attached hydrogens (primary N) is 1. The highest BCUT2D eigenvalue weighted by Gasteiger charge is 2.52. The third-order valence-electron chi connectivity index (χ3n) is 4.86. The van der Waals surface area contributed by atoms with Gasteiger partial charge in [0.15, 0.2) is 5.82 Å². The first-order valence-electron chi connectivity index (χ1n) is 9.35. The van der Waals surface area contributed by atoms with Crippen molar-refractivity contribution in [2.45, 2.75) is 24.0 Å². The van der Waals surface area contributed by atoms with E-state index >= 15 is 0 Å². The quantitative estimate of drug-likeness (QED) is 0.279. The van der Waals surface area contributed by atoms with E-state index in [9.17, 15) is 14.4 Å². The highest BCUT2D eigenvalue weighted by Crippen LogP contribution is 2.31. The van der Waals surface area contributed by atoms with Crippen LogP contribution in [-0.4, -0.2) is 43.5 Å². The molecule has 1 aromatic carbocycles. The van der Waals surface area contributed by atoms with E-state index in [4.69, 9.17) is 5.84 Å². The van der Waals surface area contributed by atoms with Crippen LogP contribution in [0.25, 0.3) is 10.7 Å². The predicted octanol–water partition coefficient (Wildman–Crippen LogP) is 1.70. The molecule has 0 aliphatic carbocycles. The molecule has 1 aliphatic rings. The number of nitrogens with one attached hydrogen (secondary N) is 2. The molecule has 31 heavy (non-hydrogen) atoms. The SMILES string of the molecule is CCC1(c2ccccc2)NC(=O)N(NC(=O)CSc2nnc(-c3cccs3)n2N)C1=O. The van der Waals surface area contributed by atoms with Gasteiger partial charge in [0.1, 0.15) is 5.54 Å². The van der Waals surface area contributed by atoms with Gasteiger partial charge in [-0.05, 0) is 23.4 Å². The minimum absolute atomic E-state index is 0.110. The molecule has 4 amide bonds. The number of thioether (sulfide) groups is 1. The largest absolute Gasteiger partial charge is 0.344 e. The normalized spacial score (nSPS) is 18.3. The van der Waals surface area contributed by atoms with Gasteiger partial charge in [0.25, 0.3) is 5.91 Å². The Bertz CT molecular complexity index is 1120. The average molecular weight is 458 g/mol. The number of hydrogen-bond acceptors (Lipinski definition) is 8. The van der Waals surface area contributed by atoms with Crippen LogP contribution in [0.1, 0.15) is 18.9 Å². The molecule has 1 fully saturated rings. The summed E-state index contributed by atoms with van der Waals surface area (Å²) < 4.78 is 1.30. The van der Waals surface area contributed by atoms with Gasteiger partial charge in [-0.2, -0.15) is 5.01 Å². The number of thiophene rings is 1. The number of carbonyl (C=O) groups is 3. The fourth-order valence-electron chi connectivity index (χ4n) is 3.27. The second kappa shape index (κ2) is 8.40. The Morgan fingerprint density at radius 3 is 2.68 bits per heavy atom. The second-order valence-electron chi connectivity index (χ2n) is 6.67. The van der Waals surface area contributed by atoms with Gasteiger partial charge in [0.2, 0.25) is 11.1 Å². The molecule has 4 N–H and O–H groups in total. The maximum absolute atomic E-state index is 13.0. The Balaban J connectivity index is 1.42. The maximum atomic E-state index is 13.0. The van der Waals surface area contributed by atoms with Crippen LogP contribution in [0, 0.1) is 0 Å². The number of imide groups is 1. The van der Waals surface area contributed by atoms with Crippen molar-refractivity contribution in [1.82, 2.24) is 30.6 Å². The molecule has 1 atom stereocenters. The van der Waals surface area contributed by atoms with E-state index in [-0.39, 0.29) is 5.75 Å². The van der Waals surface area contributed by atoms with E-state index in [0.29, 0.717) is 23.0 Å². The van der Waals surface area contributed by atoms with Crippen LogP contribution in [0.3, 0.4) is 0 Å². The van der Waals surface area contributed by atoms with E-state index in [2.05, 4.69) is 20.9 Å². The standard InChI is InChI=1S/C19H19N7O3S2/c1-2-19(12-7-4-3-5-8-12)16(28)26(17(29)21-19)24-14(27)11-31-18-23-22-15(25(18)20)13-9-6-10-30-13/h3-10H,2,11,20H2,1H3,(H,21,29)(H,24,27). The van der Waals surface area contributed by atoms with Crippen molar-refractivity contribution < 1.29 is 14.4 Å². The third-order valence-corrected chi connectivity index (χ3v) is 6.67. The van der Waals surface area contributed by atoms with Crippen LogP contribution in [0.2, 0.25) is 0 Å². The Morgan fingerprint density at radius 2 is 2.00 bits per heavy atom. The molecule has 3 heterocycles. The Labute approximate surface area is 185 Å². The molecule has 0 spiro atoms. The van der Waals surface area contributed by atoms with Crippen molar-refractivity contribution in [2.75, 3.05) is 11.6 Å². The van der Waals surface area contributed by atoms with E-state index in [0.717, 1.165) is 21.6 Å². The molecule has 12 heteroatoms. The average Bonchev–Trinajstić information content (AvgIpc) is 3.49. The lowest BCUT2D eigenvalue weighted by molar-refractivity contribution is -0.138. The minimum Gasteiger partial charge on any atom is -0.335 e. The monoisotopic (exact) mass is 457 g/mol. The van der Waals surface area contributed by atoms with Gasteiger partial charge >= 0.3 is 6.03 Å². The van der Waals surface area contributed by atoms with Crippen molar-refractivity contribution >= 4 is 40.9 Å². The van der Waals surface area contributed by atoms with Crippen molar-refractivity contribution in [2.24, 2.45) is 0 Å². The fraction of sp³-hybridized carbons (Fsp3) is 0.211. The van der Waals surface area contributed by atoms with Gasteiger partial charge in [-0.3, -0.25) is 15.0 Å². The first kappa shape index (κ1) is 20.9. The molecule has 0 bridgehead atoms. The van der Waals surface area contributed by atoms with Gasteiger partial charge in [-0.15, -0.1) is 21.5 Å². The number of amides is 4. The topological polar surface area (TPSA) is 135 Å². The van der Waals surface area contributed by atoms with Crippen molar-refractivity contribution in [3.63, 3.8) is 0 Å². The molecule has 0 saturated carbocycles. The third kappa shape index (κ3) is 3.75. The molecular formula is C19H19N7O3S2. The Morgan fingerprint density at radius 1 is 1.23 bits per heavy atom. The van der Waals surface area contributed by atoms with E-state index < -0.39 is 23.4 Å². The highest BCUT2D eigenvalue weighted by molar-refractivity contribution is 7.99. The molecule has 2 aromatic heterocycles. The number of hydrazine groups is 1. The predicted molar refractivity (Wildman–Crippen MR) is 116 cm³/mol. The summed E-state index contributed by atoms with van der Waals surface area (Å²) in [5.41, 5.74) is 1.81. The summed E-state index contributed by atoms with van der Waals surface area (Å²) in [7, 11) is 0. The number of benzene rings is 1. The summed E-state index contributed by atoms with van der Waals surface area (Å²) in [6, 6.07) is 12.0. The van der Waals surface area contributed by atoms with Gasteiger partial charge in [0, 0.05) is 0 Å². The molecule has 160 valence electrons. The van der Waals surface area contributed by atoms with Crippen LogP contribution >= 0.6 is 23.1 Å². The van der Waals surface area contributed by atoms with Gasteiger partial charge in [0.05, 0.1) is 10.6 Å². The smallest absolute Gasteiger partial charge is 0.335 e. The number of rotatable bonds is 7. The van der Waals surface area contributed by atoms with E-state index in [1.165, 1.54) is 16.0 Å². The summed E-state index contributed by atoms with van der Waals surface area (Å²) in [5.74, 6) is 5.32. The second-order valence-corrected chi connectivity index (χ2v) is 8.56. The zero-order valence-electron chi connectivity index (χ0n) is 16.4. The highest BCUT2D eigenvalue weighted by atomic mass is 32.2. The lowest BCUT2D eigenvalue weighted by Gasteiger charge is -2.25. The molecule has 1 aliphatic heterocycles. The van der Waals surface area contributed by atoms with Crippen molar-refractivity contribution in [3.05, 3.63) is 53.4 Å². The van der Waals surface area contributed by atoms with Crippen LogP contribution < -0.4 is 16.6 Å². The zero-order chi connectivity index (χ0) is 22.0. The number of urea groups is 1. The summed E-state index contributed by atoms with van der Waals surface area (Å²) in [6.45, 7) is 1.80. The number of hydrogen-bond donors (Lipinski definition) is 3. The molecule has 0 radical (unpaired) electrons. The van der Waals surface area contributed by atoms with Crippen LogP contribution in [0.4, 0.5) is 4.79 Å². The number of carbonyl (C=O) groups excluding carboxylic acids is 3. The van der Waals surface area contributed by atoms with Crippen molar-refractivity contribution in [1.29, 1.82) is 0 Å². The van der Waals surface area contributed by atoms with Gasteiger partial charge < -0.3 is 11.2 Å². The molecule has 4 rings (SSSR count). The summed E-state index contributed by atoms with van der Waals surface area (Å²) >= 11 is 2.52. The molecule has 10 nitrogen and oxygen atoms in total. The molecular weight excluding hydrogens is 438 g/mol. The molecule has 1 saturated heterocycles. The Hall–Kier alpha value is -3.38. The summed E-state index contributed by atoms with van der Waals surface area (Å²) in [5, 5.41) is 13.7. The number of nitrogens with zero attached hydrogens (tertiary/aromatic N) is 4. The van der Waals surface area contributed by atoms with Crippen LogP contribution in [-0.2, 0) is 15.1 Å². The lowest BCUT2D eigenvalue weighted by atomic mass is 9.87. The van der Waals surface area contributed by atoms with Crippen LogP contribution in [0.15, 0.2) is 53.0 Å². The first-order chi connectivity index (χ1) is 15.0. The first-order valence-corrected chi connectivity index (χ1v) is 11.2. The van der Waals surface area contributed by atoms with Gasteiger partial charge in [-0.1, -0.05) is 55.1 Å². The van der Waals surface area contributed by atoms with Crippen molar-refractivity contribution in [3.8, 4) is 10.7 Å². The number of nitrogen functional groups attached to an aromatic ring is 1. The number of aromatic nitrogens is 3. The fourth-order valence-corrected chi connectivity index (χ4v) is 4.63. The molecule has 3 aromatic rings. The van der Waals surface area contributed by atoms with Gasteiger partial charge in [-0.25, -0.2) is 9.47 Å². The van der Waals surface area contributed by atoms with E-state index in [1.807, 2.05) is 23.6 Å². The van der Waals surface area contributed by atoms with Crippen LogP contribution in [0.5, 0.6) is 0 Å².